The van der Waals surface area contributed by atoms with Crippen LogP contribution in [-0.4, -0.2) is 18.1 Å². The highest BCUT2D eigenvalue weighted by Gasteiger charge is 2.27. The molecular weight excluding hydrogens is 188 g/mol. The van der Waals surface area contributed by atoms with Crippen molar-refractivity contribution in [3.63, 3.8) is 0 Å². The van der Waals surface area contributed by atoms with Gasteiger partial charge in [0.15, 0.2) is 5.89 Å². The molecule has 1 N–H and O–H groups in total. The van der Waals surface area contributed by atoms with Crippen LogP contribution < -0.4 is 5.32 Å². The minimum atomic E-state index is 0.622. The second-order valence-corrected chi connectivity index (χ2v) is 4.91. The van der Waals surface area contributed by atoms with E-state index in [2.05, 4.69) is 17.2 Å². The molecule has 0 radical (unpaired) electrons. The molecule has 82 valence electrons. The third-order valence-electron chi connectivity index (χ3n) is 3.71. The van der Waals surface area contributed by atoms with Crippen molar-refractivity contribution in [2.24, 2.45) is 5.92 Å². The molecule has 1 saturated heterocycles. The van der Waals surface area contributed by atoms with E-state index >= 15 is 0 Å². The summed E-state index contributed by atoms with van der Waals surface area (Å²) < 4.78 is 5.76. The van der Waals surface area contributed by atoms with E-state index in [0.717, 1.165) is 37.1 Å². The van der Waals surface area contributed by atoms with E-state index in [0.29, 0.717) is 5.92 Å². The zero-order valence-electron chi connectivity index (χ0n) is 9.25. The van der Waals surface area contributed by atoms with E-state index < -0.39 is 0 Å². The van der Waals surface area contributed by atoms with Crippen LogP contribution in [0.5, 0.6) is 0 Å². The molecule has 2 aliphatic rings. The van der Waals surface area contributed by atoms with Crippen molar-refractivity contribution >= 4 is 0 Å². The number of aryl methyl sites for hydroxylation is 1. The van der Waals surface area contributed by atoms with Gasteiger partial charge in [0.2, 0.25) is 0 Å². The summed E-state index contributed by atoms with van der Waals surface area (Å²) in [7, 11) is 0. The predicted molar refractivity (Wildman–Crippen MR) is 57.9 cm³/mol. The Bertz CT molecular complexity index is 351. The fourth-order valence-electron chi connectivity index (χ4n) is 2.24. The van der Waals surface area contributed by atoms with E-state index in [1.165, 1.54) is 25.0 Å². The maximum absolute atomic E-state index is 5.76. The summed E-state index contributed by atoms with van der Waals surface area (Å²) in [6, 6.07) is 0. The van der Waals surface area contributed by atoms with Gasteiger partial charge in [-0.15, -0.1) is 0 Å². The smallest absolute Gasteiger partial charge is 0.197 e. The average molecular weight is 206 g/mol. The van der Waals surface area contributed by atoms with Crippen LogP contribution in [0.15, 0.2) is 4.42 Å². The van der Waals surface area contributed by atoms with Gasteiger partial charge >= 0.3 is 0 Å². The monoisotopic (exact) mass is 206 g/mol. The molecule has 0 bridgehead atoms. The lowest BCUT2D eigenvalue weighted by Crippen LogP contribution is -2.43. The molecule has 2 fully saturated rings. The molecule has 0 amide bonds. The van der Waals surface area contributed by atoms with Gasteiger partial charge in [0.25, 0.3) is 0 Å². The van der Waals surface area contributed by atoms with Gasteiger partial charge in [-0.1, -0.05) is 6.42 Å². The molecule has 0 unspecified atom stereocenters. The molecular formula is C12H18N2O. The molecule has 0 atom stereocenters. The molecule has 1 aliphatic heterocycles. The van der Waals surface area contributed by atoms with Crippen LogP contribution in [0.25, 0.3) is 0 Å². The van der Waals surface area contributed by atoms with Crippen molar-refractivity contribution in [3.8, 4) is 0 Å². The summed E-state index contributed by atoms with van der Waals surface area (Å²) in [6.45, 7) is 4.34. The van der Waals surface area contributed by atoms with E-state index in [-0.39, 0.29) is 0 Å². The fraction of sp³-hybridized carbons (Fsp3) is 0.750. The summed E-state index contributed by atoms with van der Waals surface area (Å²) in [5, 5.41) is 3.29. The number of rotatable bonds is 3. The Hall–Kier alpha value is -0.830. The van der Waals surface area contributed by atoms with E-state index in [9.17, 15) is 0 Å². The van der Waals surface area contributed by atoms with Gasteiger partial charge in [0.1, 0.15) is 5.76 Å². The molecule has 0 aromatic carbocycles. The first kappa shape index (κ1) is 9.40. The third kappa shape index (κ3) is 1.69. The molecule has 1 aliphatic carbocycles. The van der Waals surface area contributed by atoms with Crippen LogP contribution in [0.2, 0.25) is 0 Å². The maximum atomic E-state index is 5.76. The maximum Gasteiger partial charge on any atom is 0.197 e. The Morgan fingerprint density at radius 2 is 2.20 bits per heavy atom. The highest BCUT2D eigenvalue weighted by molar-refractivity contribution is 5.13. The Morgan fingerprint density at radius 3 is 2.73 bits per heavy atom. The third-order valence-corrected chi connectivity index (χ3v) is 3.71. The van der Waals surface area contributed by atoms with Crippen LogP contribution in [0, 0.1) is 12.8 Å². The summed E-state index contributed by atoms with van der Waals surface area (Å²) >= 11 is 0. The van der Waals surface area contributed by atoms with Crippen molar-refractivity contribution in [3.05, 3.63) is 17.3 Å². The molecule has 0 spiro atoms. The second-order valence-electron chi connectivity index (χ2n) is 4.91. The normalized spacial score (nSPS) is 22.5. The molecule has 1 saturated carbocycles. The first-order valence-corrected chi connectivity index (χ1v) is 6.00. The van der Waals surface area contributed by atoms with Gasteiger partial charge in [0, 0.05) is 5.92 Å². The topological polar surface area (TPSA) is 38.1 Å². The van der Waals surface area contributed by atoms with Crippen molar-refractivity contribution in [2.75, 3.05) is 13.1 Å². The van der Waals surface area contributed by atoms with Crippen molar-refractivity contribution in [1.82, 2.24) is 10.3 Å². The number of hydrogen-bond acceptors (Lipinski definition) is 3. The molecule has 1 aromatic rings. The Kier molecular flexibility index (Phi) is 2.28. The molecule has 1 aromatic heterocycles. The van der Waals surface area contributed by atoms with E-state index in [4.69, 9.17) is 4.42 Å². The molecule has 3 heteroatoms. The zero-order chi connectivity index (χ0) is 10.3. The summed E-state index contributed by atoms with van der Waals surface area (Å²) in [5.41, 5.74) is 1.20. The van der Waals surface area contributed by atoms with Gasteiger partial charge in [-0.05, 0) is 45.2 Å². The van der Waals surface area contributed by atoms with Crippen LogP contribution in [0.3, 0.4) is 0 Å². The molecule has 15 heavy (non-hydrogen) atoms. The highest BCUT2D eigenvalue weighted by Crippen LogP contribution is 2.36. The summed E-state index contributed by atoms with van der Waals surface area (Å²) in [4.78, 5) is 4.66. The second kappa shape index (κ2) is 3.63. The first-order chi connectivity index (χ1) is 7.33. The highest BCUT2D eigenvalue weighted by atomic mass is 16.4. The Labute approximate surface area is 90.3 Å². The van der Waals surface area contributed by atoms with Crippen molar-refractivity contribution in [1.29, 1.82) is 0 Å². The number of nitrogens with zero attached hydrogens (tertiary/aromatic N) is 1. The van der Waals surface area contributed by atoms with E-state index in [1.54, 1.807) is 0 Å². The Balaban J connectivity index is 1.72. The minimum Gasteiger partial charge on any atom is -0.445 e. The van der Waals surface area contributed by atoms with Crippen molar-refractivity contribution < 1.29 is 4.42 Å². The molecule has 2 heterocycles. The van der Waals surface area contributed by atoms with Gasteiger partial charge in [-0.25, -0.2) is 4.98 Å². The minimum absolute atomic E-state index is 0.622. The summed E-state index contributed by atoms with van der Waals surface area (Å²) in [5.74, 6) is 3.45. The number of hydrogen-bond donors (Lipinski definition) is 1. The van der Waals surface area contributed by atoms with Crippen LogP contribution >= 0.6 is 0 Å². The van der Waals surface area contributed by atoms with Gasteiger partial charge in [-0.2, -0.15) is 0 Å². The SMILES string of the molecule is Cc1oc(C2CCC2)nc1CC1CNC1. The van der Waals surface area contributed by atoms with Gasteiger partial charge in [-0.3, -0.25) is 0 Å². The molecule has 3 nitrogen and oxygen atoms in total. The van der Waals surface area contributed by atoms with Gasteiger partial charge in [0.05, 0.1) is 5.69 Å². The largest absolute Gasteiger partial charge is 0.445 e. The molecule has 3 rings (SSSR count). The van der Waals surface area contributed by atoms with Crippen LogP contribution in [-0.2, 0) is 6.42 Å². The van der Waals surface area contributed by atoms with Gasteiger partial charge < -0.3 is 9.73 Å². The average Bonchev–Trinajstić information content (AvgIpc) is 2.37. The van der Waals surface area contributed by atoms with Crippen molar-refractivity contribution in [2.45, 2.75) is 38.5 Å². The number of oxazole rings is 1. The Morgan fingerprint density at radius 1 is 1.40 bits per heavy atom. The van der Waals surface area contributed by atoms with Crippen LogP contribution in [0.4, 0.5) is 0 Å². The summed E-state index contributed by atoms with van der Waals surface area (Å²) in [6.07, 6.45) is 4.97. The lowest BCUT2D eigenvalue weighted by atomic mass is 9.85. The fourth-order valence-corrected chi connectivity index (χ4v) is 2.24. The predicted octanol–water partition coefficient (Wildman–Crippen LogP) is 2.01. The van der Waals surface area contributed by atoms with Crippen LogP contribution in [0.1, 0.15) is 42.5 Å². The van der Waals surface area contributed by atoms with E-state index in [1.807, 2.05) is 0 Å². The lowest BCUT2D eigenvalue weighted by Gasteiger charge is -2.26. The lowest BCUT2D eigenvalue weighted by molar-refractivity contribution is 0.328. The number of nitrogens with one attached hydrogen (secondary N) is 1. The first-order valence-electron chi connectivity index (χ1n) is 6.00. The zero-order valence-corrected chi connectivity index (χ0v) is 9.25. The quantitative estimate of drug-likeness (QED) is 0.822. The standard InChI is InChI=1S/C12H18N2O/c1-8-11(5-9-6-13-7-9)14-12(15-8)10-3-2-4-10/h9-10,13H,2-7H2,1H3. The number of aromatic nitrogens is 1.